The summed E-state index contributed by atoms with van der Waals surface area (Å²) in [5.74, 6) is 4.05. The van der Waals surface area contributed by atoms with Crippen LogP contribution in [0.2, 0.25) is 0 Å². The Hall–Kier alpha value is -0.234. The minimum absolute atomic E-state index is 0. The van der Waals surface area contributed by atoms with Crippen LogP contribution in [-0.2, 0) is 42.0 Å². The van der Waals surface area contributed by atoms with Gasteiger partial charge in [0.1, 0.15) is 0 Å². The molecule has 4 aliphatic rings. The Morgan fingerprint density at radius 3 is 0.686 bits per heavy atom. The molecular formula is C42H80CoN6S2-6. The van der Waals surface area contributed by atoms with Crippen molar-refractivity contribution in [2.75, 3.05) is 52.4 Å². The van der Waals surface area contributed by atoms with Crippen molar-refractivity contribution in [3.63, 3.8) is 0 Å². The van der Waals surface area contributed by atoms with Gasteiger partial charge in [0.15, 0.2) is 0 Å². The molecule has 6 nitrogen and oxygen atoms in total. The van der Waals surface area contributed by atoms with Gasteiger partial charge in [-0.3, -0.25) is 0 Å². The minimum atomic E-state index is 0. The molecule has 0 aromatic carbocycles. The summed E-state index contributed by atoms with van der Waals surface area (Å²) in [5, 5.41) is 34.4. The molecule has 4 heterocycles. The second kappa shape index (κ2) is 47.8. The first-order valence-electron chi connectivity index (χ1n) is 21.1. The van der Waals surface area contributed by atoms with Gasteiger partial charge in [-0.05, 0) is 23.7 Å². The van der Waals surface area contributed by atoms with Gasteiger partial charge < -0.3 is 46.5 Å². The van der Waals surface area contributed by atoms with E-state index in [9.17, 15) is 0 Å². The second-order valence-corrected chi connectivity index (χ2v) is 15.0. The van der Waals surface area contributed by atoms with Crippen LogP contribution in [0, 0.1) is 45.0 Å². The third kappa shape index (κ3) is 42.4. The normalized spacial score (nSPS) is 17.9. The third-order valence-corrected chi connectivity index (χ3v) is 10.4. The number of thiocyanates is 2. The molecule has 4 aliphatic heterocycles. The summed E-state index contributed by atoms with van der Waals surface area (Å²) < 4.78 is 0. The number of nitriles is 2. The first-order chi connectivity index (χ1) is 24.6. The average molecular weight is 792 g/mol. The van der Waals surface area contributed by atoms with Crippen LogP contribution in [0.15, 0.2) is 0 Å². The summed E-state index contributed by atoms with van der Waals surface area (Å²) in [7, 11) is 0. The van der Waals surface area contributed by atoms with Crippen molar-refractivity contribution in [3.05, 3.63) is 21.3 Å². The Morgan fingerprint density at radius 1 is 0.392 bits per heavy atom. The van der Waals surface area contributed by atoms with Crippen LogP contribution in [0.1, 0.15) is 182 Å². The maximum Gasteiger partial charge on any atom is 0 e. The largest absolute Gasteiger partial charge is 0.696 e. The Kier molecular flexibility index (Phi) is 51.6. The molecule has 51 heavy (non-hydrogen) atoms. The van der Waals surface area contributed by atoms with Gasteiger partial charge in [-0.15, -0.1) is 52.4 Å². The fourth-order valence-electron chi connectivity index (χ4n) is 7.10. The quantitative estimate of drug-likeness (QED) is 0.0882. The predicted molar refractivity (Wildman–Crippen MR) is 226 cm³/mol. The Balaban J connectivity index is -0.000000568. The van der Waals surface area contributed by atoms with Crippen molar-refractivity contribution in [1.82, 2.24) is 0 Å². The summed E-state index contributed by atoms with van der Waals surface area (Å²) in [5.41, 5.74) is 0. The van der Waals surface area contributed by atoms with Crippen LogP contribution in [0.5, 0.6) is 0 Å². The van der Waals surface area contributed by atoms with Crippen LogP contribution in [0.4, 0.5) is 0 Å². The number of nitrogens with zero attached hydrogens (tertiary/aromatic N) is 6. The number of hydrogen-bond donors (Lipinski definition) is 0. The SMILES string of the molecule is CCCCCC1CC[N-]CC1.CCCCCC1CC[N-]CC1.CCCCCC1CC[N-]CC1.CCCCCC1CC[N-]CC1.N#C[S-].N#C[S-].[Co]. The van der Waals surface area contributed by atoms with Crippen LogP contribution in [0.3, 0.4) is 0 Å². The van der Waals surface area contributed by atoms with Gasteiger partial charge in [0.2, 0.25) is 0 Å². The zero-order valence-electron chi connectivity index (χ0n) is 33.8. The Labute approximate surface area is 340 Å². The molecule has 0 aromatic heterocycles. The van der Waals surface area contributed by atoms with E-state index in [4.69, 9.17) is 10.5 Å². The van der Waals surface area contributed by atoms with Crippen LogP contribution >= 0.6 is 0 Å². The van der Waals surface area contributed by atoms with Crippen LogP contribution in [-0.4, -0.2) is 52.4 Å². The van der Waals surface area contributed by atoms with Crippen molar-refractivity contribution in [1.29, 1.82) is 10.5 Å². The molecule has 4 rings (SSSR count). The van der Waals surface area contributed by atoms with Crippen molar-refractivity contribution in [2.24, 2.45) is 23.7 Å². The van der Waals surface area contributed by atoms with E-state index < -0.39 is 0 Å². The molecule has 0 N–H and O–H groups in total. The van der Waals surface area contributed by atoms with Crippen LogP contribution in [0.25, 0.3) is 21.3 Å². The average Bonchev–Trinajstić information content (AvgIpc) is 3.15. The van der Waals surface area contributed by atoms with E-state index in [2.05, 4.69) is 74.2 Å². The molecule has 0 atom stereocenters. The molecule has 1 radical (unpaired) electrons. The molecule has 9 heteroatoms. The van der Waals surface area contributed by atoms with E-state index in [1.165, 1.54) is 165 Å². The predicted octanol–water partition coefficient (Wildman–Crippen LogP) is 13.4. The van der Waals surface area contributed by atoms with Gasteiger partial charge in [-0.1, -0.05) is 193 Å². The molecule has 305 valence electrons. The Bertz CT molecular complexity index is 603. The van der Waals surface area contributed by atoms with Gasteiger partial charge >= 0.3 is 0 Å². The maximum atomic E-state index is 7.13. The standard InChI is InChI=1S/4C10H20N.2CHNS.Co/c4*1-2-3-4-5-10-6-8-11-9-7-10;2*2-1-3;/h4*10H,2-9H2,1H3;2*3H;/q4*-1;;;/p-2. The monoisotopic (exact) mass is 792 g/mol. The number of piperidine rings is 4. The maximum absolute atomic E-state index is 7.13. The molecule has 0 spiro atoms. The molecule has 0 bridgehead atoms. The summed E-state index contributed by atoms with van der Waals surface area (Å²) in [6, 6.07) is 0. The zero-order valence-corrected chi connectivity index (χ0v) is 36.4. The van der Waals surface area contributed by atoms with Gasteiger partial charge in [0, 0.05) is 16.8 Å². The van der Waals surface area contributed by atoms with Gasteiger partial charge in [0.25, 0.3) is 0 Å². The molecule has 0 aromatic rings. The molecular weight excluding hydrogens is 712 g/mol. The van der Waals surface area contributed by atoms with Gasteiger partial charge in [-0.25, -0.2) is 10.5 Å². The minimum Gasteiger partial charge on any atom is -0.696 e. The number of rotatable bonds is 16. The van der Waals surface area contributed by atoms with E-state index in [-0.39, 0.29) is 16.8 Å². The molecule has 0 saturated carbocycles. The first-order valence-corrected chi connectivity index (χ1v) is 21.9. The topological polar surface area (TPSA) is 104 Å². The first kappa shape index (κ1) is 55.1. The number of unbranched alkanes of at least 4 members (excludes halogenated alkanes) is 8. The molecule has 4 fully saturated rings. The Morgan fingerprint density at radius 2 is 0.549 bits per heavy atom. The van der Waals surface area contributed by atoms with Crippen molar-refractivity contribution in [2.45, 2.75) is 182 Å². The fraction of sp³-hybridized carbons (Fsp3) is 0.952. The van der Waals surface area contributed by atoms with Crippen molar-refractivity contribution in [3.8, 4) is 10.8 Å². The van der Waals surface area contributed by atoms with Crippen molar-refractivity contribution < 1.29 is 16.8 Å². The number of hydrogen-bond acceptors (Lipinski definition) is 4. The van der Waals surface area contributed by atoms with Crippen LogP contribution < -0.4 is 0 Å². The smallest absolute Gasteiger partial charge is 0 e. The summed E-state index contributed by atoms with van der Waals surface area (Å²) in [4.78, 5) is 0. The summed E-state index contributed by atoms with van der Waals surface area (Å²) in [6.45, 7) is 18.2. The van der Waals surface area contributed by atoms with E-state index in [1.807, 2.05) is 0 Å². The second-order valence-electron chi connectivity index (χ2n) is 14.6. The molecule has 0 amide bonds. The van der Waals surface area contributed by atoms with Crippen molar-refractivity contribution >= 4 is 25.3 Å². The van der Waals surface area contributed by atoms with E-state index in [0.29, 0.717) is 0 Å². The third-order valence-electron chi connectivity index (χ3n) is 10.4. The van der Waals surface area contributed by atoms with E-state index >= 15 is 0 Å². The summed E-state index contributed by atoms with van der Waals surface area (Å²) >= 11 is 7.40. The molecule has 0 aliphatic carbocycles. The van der Waals surface area contributed by atoms with Gasteiger partial charge in [0.05, 0.1) is 0 Å². The molecule has 4 saturated heterocycles. The summed E-state index contributed by atoms with van der Waals surface area (Å²) in [6.07, 6.45) is 33.7. The zero-order chi connectivity index (χ0) is 37.2. The fourth-order valence-corrected chi connectivity index (χ4v) is 7.10. The molecule has 0 unspecified atom stereocenters. The van der Waals surface area contributed by atoms with E-state index in [0.717, 1.165) is 76.0 Å². The van der Waals surface area contributed by atoms with Gasteiger partial charge in [-0.2, -0.15) is 0 Å². The van der Waals surface area contributed by atoms with E-state index in [1.54, 1.807) is 0 Å².